The minimum absolute atomic E-state index is 0.0155. The molecular weight excluding hydrogens is 266 g/mol. The first kappa shape index (κ1) is 14.5. The summed E-state index contributed by atoms with van der Waals surface area (Å²) >= 11 is 0. The van der Waals surface area contributed by atoms with Crippen LogP contribution in [0.25, 0.3) is 6.08 Å². The van der Waals surface area contributed by atoms with Gasteiger partial charge in [-0.15, -0.1) is 6.58 Å². The van der Waals surface area contributed by atoms with E-state index in [0.717, 1.165) is 6.42 Å². The number of para-hydroxylation sites is 1. The molecule has 0 spiro atoms. The quantitative estimate of drug-likeness (QED) is 0.552. The van der Waals surface area contributed by atoms with Gasteiger partial charge in [-0.1, -0.05) is 54.6 Å². The minimum Gasteiger partial charge on any atom is -0.198 e. The van der Waals surface area contributed by atoms with Crippen LogP contribution in [0.5, 0.6) is 0 Å². The molecule has 22 heavy (non-hydrogen) atoms. The fourth-order valence-corrected chi connectivity index (χ4v) is 3.41. The van der Waals surface area contributed by atoms with Gasteiger partial charge in [0, 0.05) is 17.7 Å². The van der Waals surface area contributed by atoms with Gasteiger partial charge in [0.25, 0.3) is 0 Å². The van der Waals surface area contributed by atoms with Gasteiger partial charge in [-0.3, -0.25) is 0 Å². The second kappa shape index (κ2) is 5.76. The van der Waals surface area contributed by atoms with E-state index in [-0.39, 0.29) is 5.41 Å². The molecule has 0 radical (unpaired) electrons. The predicted octanol–water partition coefficient (Wildman–Crippen LogP) is 4.96. The molecule has 0 N–H and O–H groups in total. The fourth-order valence-electron chi connectivity index (χ4n) is 3.41. The van der Waals surface area contributed by atoms with E-state index in [1.807, 2.05) is 12.1 Å². The number of hydrogen-bond acceptors (Lipinski definition) is 0. The second-order valence-corrected chi connectivity index (χ2v) is 6.03. The number of fused-ring (bicyclic) bond motifs is 1. The van der Waals surface area contributed by atoms with E-state index in [9.17, 15) is 0 Å². The first-order valence-corrected chi connectivity index (χ1v) is 7.71. The van der Waals surface area contributed by atoms with Crippen LogP contribution in [0.4, 0.5) is 5.69 Å². The molecule has 3 rings (SSSR count). The summed E-state index contributed by atoms with van der Waals surface area (Å²) in [6, 6.07) is 19.1. The number of allylic oxidation sites excluding steroid dienone is 2. The number of nitrogens with zero attached hydrogens (tertiary/aromatic N) is 1. The molecule has 1 atom stereocenters. The van der Waals surface area contributed by atoms with Crippen molar-refractivity contribution in [3.63, 3.8) is 0 Å². The average Bonchev–Trinajstić information content (AvgIpc) is 2.76. The summed E-state index contributed by atoms with van der Waals surface area (Å²) in [5, 5.41) is 0. The molecule has 2 aromatic rings. The summed E-state index contributed by atoms with van der Waals surface area (Å²) in [6.07, 6.45) is 7.40. The van der Waals surface area contributed by atoms with Crippen molar-refractivity contribution >= 4 is 17.5 Å². The molecule has 0 saturated carbocycles. The number of rotatable bonds is 4. The summed E-state index contributed by atoms with van der Waals surface area (Å²) in [4.78, 5) is 0. The van der Waals surface area contributed by atoms with Crippen LogP contribution in [0.3, 0.4) is 0 Å². The second-order valence-electron chi connectivity index (χ2n) is 6.03. The van der Waals surface area contributed by atoms with E-state index < -0.39 is 0 Å². The maximum absolute atomic E-state index is 3.96. The van der Waals surface area contributed by atoms with E-state index in [1.54, 1.807) is 0 Å². The van der Waals surface area contributed by atoms with Crippen molar-refractivity contribution < 1.29 is 4.58 Å². The third-order valence-electron chi connectivity index (χ3n) is 4.57. The van der Waals surface area contributed by atoms with Crippen molar-refractivity contribution in [2.75, 3.05) is 7.05 Å². The zero-order valence-electron chi connectivity index (χ0n) is 13.3. The molecular formula is C21H22N+. The number of hydrogen-bond donors (Lipinski definition) is 0. The molecule has 1 aliphatic rings. The fraction of sp³-hybridized carbons (Fsp3) is 0.190. The average molecular weight is 288 g/mol. The maximum Gasteiger partial charge on any atom is 0.209 e. The lowest BCUT2D eigenvalue weighted by molar-refractivity contribution is -0.401. The van der Waals surface area contributed by atoms with Crippen LogP contribution < -0.4 is 0 Å². The van der Waals surface area contributed by atoms with Gasteiger partial charge in [0.2, 0.25) is 5.69 Å². The minimum atomic E-state index is -0.0155. The molecule has 110 valence electrons. The normalized spacial score (nSPS) is 20.5. The first-order chi connectivity index (χ1) is 10.7. The van der Waals surface area contributed by atoms with Crippen molar-refractivity contribution in [2.45, 2.75) is 18.8 Å². The van der Waals surface area contributed by atoms with Crippen molar-refractivity contribution in [3.8, 4) is 0 Å². The van der Waals surface area contributed by atoms with Crippen LogP contribution in [0.15, 0.2) is 73.3 Å². The van der Waals surface area contributed by atoms with Gasteiger partial charge in [0.1, 0.15) is 7.05 Å². The van der Waals surface area contributed by atoms with Gasteiger partial charge in [0.15, 0.2) is 5.71 Å². The maximum atomic E-state index is 3.96. The van der Waals surface area contributed by atoms with Gasteiger partial charge >= 0.3 is 0 Å². The topological polar surface area (TPSA) is 3.01 Å². The zero-order chi connectivity index (χ0) is 15.6. The zero-order valence-corrected chi connectivity index (χ0v) is 13.3. The van der Waals surface area contributed by atoms with Crippen molar-refractivity contribution in [3.05, 3.63) is 84.5 Å². The predicted molar refractivity (Wildman–Crippen MR) is 94.9 cm³/mol. The van der Waals surface area contributed by atoms with Crippen LogP contribution in [0, 0.1) is 0 Å². The molecule has 1 aliphatic heterocycles. The molecule has 0 bridgehead atoms. The Hall–Kier alpha value is -2.41. The van der Waals surface area contributed by atoms with Crippen LogP contribution in [0.2, 0.25) is 0 Å². The molecule has 1 unspecified atom stereocenters. The highest BCUT2D eigenvalue weighted by Crippen LogP contribution is 2.42. The summed E-state index contributed by atoms with van der Waals surface area (Å²) in [5.74, 6) is 0. The Morgan fingerprint density at radius 1 is 1.00 bits per heavy atom. The van der Waals surface area contributed by atoms with E-state index >= 15 is 0 Å². The highest BCUT2D eigenvalue weighted by Gasteiger charge is 2.45. The summed E-state index contributed by atoms with van der Waals surface area (Å²) in [7, 11) is 2.15. The van der Waals surface area contributed by atoms with Crippen LogP contribution >= 0.6 is 0 Å². The third-order valence-corrected chi connectivity index (χ3v) is 4.57. The van der Waals surface area contributed by atoms with Crippen molar-refractivity contribution in [2.24, 2.45) is 0 Å². The van der Waals surface area contributed by atoms with Gasteiger partial charge in [-0.05, 0) is 25.0 Å². The largest absolute Gasteiger partial charge is 0.209 e. The Labute approximate surface area is 132 Å². The highest BCUT2D eigenvalue weighted by atomic mass is 15.0. The van der Waals surface area contributed by atoms with Crippen LogP contribution in [0.1, 0.15) is 24.5 Å². The monoisotopic (exact) mass is 288 g/mol. The molecule has 0 amide bonds. The molecule has 0 fully saturated rings. The lowest BCUT2D eigenvalue weighted by atomic mass is 9.76. The van der Waals surface area contributed by atoms with Crippen molar-refractivity contribution in [1.82, 2.24) is 0 Å². The molecule has 1 heteroatoms. The summed E-state index contributed by atoms with van der Waals surface area (Å²) in [5.41, 5.74) is 5.20. The number of benzene rings is 2. The Morgan fingerprint density at radius 3 is 2.41 bits per heavy atom. The van der Waals surface area contributed by atoms with E-state index in [1.165, 1.54) is 22.5 Å². The van der Waals surface area contributed by atoms with E-state index in [4.69, 9.17) is 0 Å². The lowest BCUT2D eigenvalue weighted by Gasteiger charge is -2.20. The van der Waals surface area contributed by atoms with Gasteiger partial charge in [-0.25, -0.2) is 0 Å². The molecule has 0 aromatic heterocycles. The molecule has 0 saturated heterocycles. The van der Waals surface area contributed by atoms with Gasteiger partial charge in [0.05, 0.1) is 5.41 Å². The van der Waals surface area contributed by atoms with E-state index in [2.05, 4.69) is 85.8 Å². The Kier molecular flexibility index (Phi) is 3.81. The lowest BCUT2D eigenvalue weighted by Crippen LogP contribution is -2.29. The highest BCUT2D eigenvalue weighted by molar-refractivity contribution is 6.05. The first-order valence-electron chi connectivity index (χ1n) is 7.71. The Morgan fingerprint density at radius 2 is 1.68 bits per heavy atom. The Balaban J connectivity index is 2.07. The van der Waals surface area contributed by atoms with Crippen LogP contribution in [-0.4, -0.2) is 17.3 Å². The van der Waals surface area contributed by atoms with E-state index in [0.29, 0.717) is 0 Å². The Bertz CT molecular complexity index is 752. The molecule has 1 nitrogen and oxygen atoms in total. The van der Waals surface area contributed by atoms with Crippen molar-refractivity contribution in [1.29, 1.82) is 0 Å². The third kappa shape index (κ3) is 2.33. The molecule has 2 aromatic carbocycles. The molecule has 1 heterocycles. The van der Waals surface area contributed by atoms with Crippen LogP contribution in [-0.2, 0) is 5.41 Å². The SMILES string of the molecule is C=CCC1(C)C(C=Cc2ccccc2)=[N+](C)c2ccccc21. The summed E-state index contributed by atoms with van der Waals surface area (Å²) < 4.78 is 2.30. The standard InChI is InChI=1S/C21H22N/c1-4-16-21(2)18-12-8-9-13-19(18)22(3)20(21)15-14-17-10-6-5-7-11-17/h4-15H,1,16H2,2-3H3/q+1. The summed E-state index contributed by atoms with van der Waals surface area (Å²) in [6.45, 7) is 6.27. The van der Waals surface area contributed by atoms with Gasteiger partial charge in [-0.2, -0.15) is 4.58 Å². The smallest absolute Gasteiger partial charge is 0.198 e. The van der Waals surface area contributed by atoms with Gasteiger partial charge < -0.3 is 0 Å². The molecule has 0 aliphatic carbocycles.